The zero-order valence-electron chi connectivity index (χ0n) is 11.4. The Morgan fingerprint density at radius 2 is 1.75 bits per heavy atom. The number of hydrogen-bond donors (Lipinski definition) is 3. The Bertz CT molecular complexity index is 404. The number of carbonyl (C=O) groups is 3. The van der Waals surface area contributed by atoms with Gasteiger partial charge in [-0.3, -0.25) is 9.59 Å². The molecule has 7 heteroatoms. The molecule has 1 aliphatic heterocycles. The van der Waals surface area contributed by atoms with Gasteiger partial charge in [0.15, 0.2) is 0 Å². The normalized spacial score (nSPS) is 27.3. The molecule has 2 unspecified atom stereocenters. The molecule has 2 aliphatic rings. The number of carbonyl (C=O) groups excluding carboxylic acids is 2. The van der Waals surface area contributed by atoms with Gasteiger partial charge in [-0.2, -0.15) is 0 Å². The van der Waals surface area contributed by atoms with Gasteiger partial charge in [-0.25, -0.2) is 4.79 Å². The first-order valence-corrected chi connectivity index (χ1v) is 7.06. The van der Waals surface area contributed by atoms with Crippen molar-refractivity contribution in [2.45, 2.75) is 38.1 Å². The maximum atomic E-state index is 12.1. The summed E-state index contributed by atoms with van der Waals surface area (Å²) < 4.78 is 0. The molecule has 2 rings (SSSR count). The molecule has 1 saturated carbocycles. The van der Waals surface area contributed by atoms with Gasteiger partial charge in [-0.15, -0.1) is 0 Å². The van der Waals surface area contributed by atoms with Crippen LogP contribution in [0.2, 0.25) is 0 Å². The van der Waals surface area contributed by atoms with E-state index in [4.69, 9.17) is 10.8 Å². The molecule has 1 heterocycles. The minimum atomic E-state index is -0.847. The highest BCUT2D eigenvalue weighted by molar-refractivity contribution is 5.79. The smallest absolute Gasteiger partial charge is 0.317 e. The number of hydrogen-bond acceptors (Lipinski definition) is 3. The molecule has 3 amide bonds. The number of carboxylic acids is 1. The van der Waals surface area contributed by atoms with E-state index in [1.165, 1.54) is 0 Å². The third-order valence-electron chi connectivity index (χ3n) is 4.33. The fraction of sp³-hybridized carbons (Fsp3) is 0.769. The first kappa shape index (κ1) is 14.6. The molecule has 1 aliphatic carbocycles. The summed E-state index contributed by atoms with van der Waals surface area (Å²) in [7, 11) is 0. The second-order valence-corrected chi connectivity index (χ2v) is 5.60. The predicted molar refractivity (Wildman–Crippen MR) is 70.8 cm³/mol. The molecule has 112 valence electrons. The van der Waals surface area contributed by atoms with Crippen LogP contribution >= 0.6 is 0 Å². The number of nitrogens with two attached hydrogens (primary N) is 1. The number of aliphatic carboxylic acids is 1. The Labute approximate surface area is 117 Å². The lowest BCUT2D eigenvalue weighted by atomic mass is 9.96. The summed E-state index contributed by atoms with van der Waals surface area (Å²) in [5, 5.41) is 11.9. The van der Waals surface area contributed by atoms with Crippen molar-refractivity contribution in [3.63, 3.8) is 0 Å². The predicted octanol–water partition coefficient (Wildman–Crippen LogP) is 0.147. The van der Waals surface area contributed by atoms with Gasteiger partial charge in [-0.1, -0.05) is 6.42 Å². The van der Waals surface area contributed by atoms with Crippen LogP contribution in [0.5, 0.6) is 0 Å². The van der Waals surface area contributed by atoms with E-state index in [0.717, 1.165) is 6.42 Å². The topological polar surface area (TPSA) is 113 Å². The maximum Gasteiger partial charge on any atom is 0.317 e. The van der Waals surface area contributed by atoms with Crippen LogP contribution < -0.4 is 11.1 Å². The standard InChI is InChI=1S/C13H21N3O4/c14-11(17)8-4-6-16(7-5-8)13(20)15-10-3-1-2-9(10)12(18)19/h8-10H,1-7H2,(H2,14,17)(H,15,20)(H,18,19). The van der Waals surface area contributed by atoms with Crippen molar-refractivity contribution in [2.24, 2.45) is 17.6 Å². The molecule has 7 nitrogen and oxygen atoms in total. The molecule has 2 fully saturated rings. The van der Waals surface area contributed by atoms with E-state index in [2.05, 4.69) is 5.32 Å². The Hall–Kier alpha value is -1.79. The van der Waals surface area contributed by atoms with Crippen LogP contribution in [0.15, 0.2) is 0 Å². The van der Waals surface area contributed by atoms with Gasteiger partial charge in [0.2, 0.25) is 5.91 Å². The molecule has 1 saturated heterocycles. The molecule has 0 radical (unpaired) electrons. The fourth-order valence-corrected chi connectivity index (χ4v) is 3.05. The van der Waals surface area contributed by atoms with E-state index < -0.39 is 11.9 Å². The van der Waals surface area contributed by atoms with Crippen LogP contribution in [0.25, 0.3) is 0 Å². The highest BCUT2D eigenvalue weighted by Crippen LogP contribution is 2.26. The van der Waals surface area contributed by atoms with Crippen molar-refractivity contribution in [3.8, 4) is 0 Å². The zero-order chi connectivity index (χ0) is 14.7. The number of likely N-dealkylation sites (tertiary alicyclic amines) is 1. The number of nitrogens with zero attached hydrogens (tertiary/aromatic N) is 1. The summed E-state index contributed by atoms with van der Waals surface area (Å²) in [5.41, 5.74) is 5.25. The summed E-state index contributed by atoms with van der Waals surface area (Å²) >= 11 is 0. The molecule has 2 atom stereocenters. The quantitative estimate of drug-likeness (QED) is 0.684. The molecular formula is C13H21N3O4. The van der Waals surface area contributed by atoms with Crippen molar-refractivity contribution < 1.29 is 19.5 Å². The number of carboxylic acid groups (broad SMARTS) is 1. The SMILES string of the molecule is NC(=O)C1CCN(C(=O)NC2CCCC2C(=O)O)CC1. The lowest BCUT2D eigenvalue weighted by Crippen LogP contribution is -2.50. The average Bonchev–Trinajstić information content (AvgIpc) is 2.87. The number of rotatable bonds is 3. The van der Waals surface area contributed by atoms with Crippen LogP contribution in [0, 0.1) is 11.8 Å². The Balaban J connectivity index is 1.84. The third kappa shape index (κ3) is 3.20. The Kier molecular flexibility index (Phi) is 4.46. The van der Waals surface area contributed by atoms with Gasteiger partial charge in [-0.05, 0) is 25.7 Å². The zero-order valence-corrected chi connectivity index (χ0v) is 11.4. The van der Waals surface area contributed by atoms with Crippen molar-refractivity contribution in [2.75, 3.05) is 13.1 Å². The van der Waals surface area contributed by atoms with Crippen molar-refractivity contribution in [3.05, 3.63) is 0 Å². The number of nitrogens with one attached hydrogen (secondary N) is 1. The second-order valence-electron chi connectivity index (χ2n) is 5.60. The van der Waals surface area contributed by atoms with Crippen molar-refractivity contribution >= 4 is 17.9 Å². The van der Waals surface area contributed by atoms with E-state index in [1.54, 1.807) is 4.90 Å². The van der Waals surface area contributed by atoms with Gasteiger partial charge in [0.05, 0.1) is 5.92 Å². The molecule has 20 heavy (non-hydrogen) atoms. The van der Waals surface area contributed by atoms with Crippen molar-refractivity contribution in [1.82, 2.24) is 10.2 Å². The molecule has 0 bridgehead atoms. The Morgan fingerprint density at radius 3 is 2.30 bits per heavy atom. The summed E-state index contributed by atoms with van der Waals surface area (Å²) in [6.45, 7) is 0.980. The number of amides is 3. The minimum absolute atomic E-state index is 0.155. The monoisotopic (exact) mass is 283 g/mol. The molecule has 0 aromatic carbocycles. The lowest BCUT2D eigenvalue weighted by molar-refractivity contribution is -0.142. The average molecular weight is 283 g/mol. The first-order chi connectivity index (χ1) is 9.49. The van der Waals surface area contributed by atoms with Gasteiger partial charge >= 0.3 is 12.0 Å². The van der Waals surface area contributed by atoms with Crippen LogP contribution in [0.3, 0.4) is 0 Å². The van der Waals surface area contributed by atoms with Crippen molar-refractivity contribution in [1.29, 1.82) is 0 Å². The van der Waals surface area contributed by atoms with E-state index in [0.29, 0.717) is 38.8 Å². The molecular weight excluding hydrogens is 262 g/mol. The largest absolute Gasteiger partial charge is 0.481 e. The minimum Gasteiger partial charge on any atom is -0.481 e. The lowest BCUT2D eigenvalue weighted by Gasteiger charge is -2.32. The van der Waals surface area contributed by atoms with Gasteiger partial charge in [0, 0.05) is 25.0 Å². The second kappa shape index (κ2) is 6.11. The molecule has 0 aromatic rings. The number of urea groups is 1. The summed E-state index contributed by atoms with van der Waals surface area (Å²) in [5.74, 6) is -1.80. The van der Waals surface area contributed by atoms with Crippen LogP contribution in [-0.4, -0.2) is 47.0 Å². The van der Waals surface area contributed by atoms with Gasteiger partial charge in [0.1, 0.15) is 0 Å². The fourth-order valence-electron chi connectivity index (χ4n) is 3.05. The van der Waals surface area contributed by atoms with Gasteiger partial charge < -0.3 is 21.1 Å². The summed E-state index contributed by atoms with van der Waals surface area (Å²) in [4.78, 5) is 35.9. The first-order valence-electron chi connectivity index (χ1n) is 7.06. The molecule has 0 aromatic heterocycles. The van der Waals surface area contributed by atoms with E-state index in [9.17, 15) is 14.4 Å². The summed E-state index contributed by atoms with van der Waals surface area (Å²) in [6.07, 6.45) is 3.31. The molecule has 0 spiro atoms. The molecule has 4 N–H and O–H groups in total. The van der Waals surface area contributed by atoms with Crippen LogP contribution in [-0.2, 0) is 9.59 Å². The number of piperidine rings is 1. The van der Waals surface area contributed by atoms with E-state index in [1.807, 2.05) is 0 Å². The maximum absolute atomic E-state index is 12.1. The van der Waals surface area contributed by atoms with E-state index in [-0.39, 0.29) is 23.9 Å². The van der Waals surface area contributed by atoms with Crippen LogP contribution in [0.4, 0.5) is 4.79 Å². The van der Waals surface area contributed by atoms with E-state index >= 15 is 0 Å². The Morgan fingerprint density at radius 1 is 1.10 bits per heavy atom. The van der Waals surface area contributed by atoms with Gasteiger partial charge in [0.25, 0.3) is 0 Å². The highest BCUT2D eigenvalue weighted by atomic mass is 16.4. The number of primary amides is 1. The highest BCUT2D eigenvalue weighted by Gasteiger charge is 2.35. The summed E-state index contributed by atoms with van der Waals surface area (Å²) in [6, 6.07) is -0.514. The third-order valence-corrected chi connectivity index (χ3v) is 4.33. The van der Waals surface area contributed by atoms with Crippen LogP contribution in [0.1, 0.15) is 32.1 Å².